The Morgan fingerprint density at radius 2 is 1.53 bits per heavy atom. The average molecular weight is 787 g/mol. The summed E-state index contributed by atoms with van der Waals surface area (Å²) in [5.74, 6) is 0.964. The van der Waals surface area contributed by atoms with E-state index in [-0.39, 0.29) is 62.7 Å². The summed E-state index contributed by atoms with van der Waals surface area (Å²) >= 11 is 0. The number of aliphatic hydroxyl groups is 1. The van der Waals surface area contributed by atoms with Crippen molar-refractivity contribution >= 4 is 21.8 Å². The molecule has 0 bridgehead atoms. The number of nitrogens with zero attached hydrogens (tertiary/aromatic N) is 1. The van der Waals surface area contributed by atoms with Gasteiger partial charge in [-0.3, -0.25) is 14.5 Å². The molecular formula is C45H74N2O7S. The van der Waals surface area contributed by atoms with Crippen molar-refractivity contribution in [2.24, 2.45) is 68.5 Å². The zero-order valence-electron chi connectivity index (χ0n) is 35.6. The molecule has 1 heterocycles. The Morgan fingerprint density at radius 3 is 2.13 bits per heavy atom. The highest BCUT2D eigenvalue weighted by atomic mass is 32.2. The van der Waals surface area contributed by atoms with E-state index >= 15 is 0 Å². The number of hydrogen-bond acceptors (Lipinski definition) is 8. The number of ether oxygens (including phenoxy) is 1. The van der Waals surface area contributed by atoms with Gasteiger partial charge in [0.1, 0.15) is 6.10 Å². The predicted molar refractivity (Wildman–Crippen MR) is 216 cm³/mol. The quantitative estimate of drug-likeness (QED) is 0.165. The monoisotopic (exact) mass is 787 g/mol. The SMILES string of the molecule is C=C(C)[C@@H]1CC[C@]2(NC[C@H]([C@H](C)O)N3CCS(=O)(=O)CC3)CC[C@]3(C)[C@H](CC[C@@H]4[C@@]5(C)CC[C@H](OC(=O)[C@H]6C[C@@H](C(=O)O)C6(C)C)C(C)(C)[C@@H]5CC[C@]43C)[C@@H]12. The minimum Gasteiger partial charge on any atom is -0.481 e. The van der Waals surface area contributed by atoms with E-state index in [9.17, 15) is 28.2 Å². The van der Waals surface area contributed by atoms with Crippen molar-refractivity contribution in [1.82, 2.24) is 10.2 Å². The molecule has 1 aliphatic heterocycles. The van der Waals surface area contributed by atoms with Crippen LogP contribution in [0.2, 0.25) is 0 Å². The maximum Gasteiger partial charge on any atom is 0.309 e. The van der Waals surface area contributed by atoms with Crippen molar-refractivity contribution in [2.45, 2.75) is 157 Å². The van der Waals surface area contributed by atoms with Gasteiger partial charge in [-0.05, 0) is 136 Å². The molecule has 7 fully saturated rings. The second-order valence-electron chi connectivity index (χ2n) is 22.0. The van der Waals surface area contributed by atoms with Crippen molar-refractivity contribution in [3.05, 3.63) is 12.2 Å². The number of carbonyl (C=O) groups is 2. The Labute approximate surface area is 332 Å². The molecule has 9 nitrogen and oxygen atoms in total. The van der Waals surface area contributed by atoms with E-state index in [2.05, 4.69) is 58.3 Å². The summed E-state index contributed by atoms with van der Waals surface area (Å²) in [7, 11) is -3.00. The number of hydrogen-bond donors (Lipinski definition) is 3. The second-order valence-corrected chi connectivity index (χ2v) is 24.3. The summed E-state index contributed by atoms with van der Waals surface area (Å²) in [6.45, 7) is 26.7. The van der Waals surface area contributed by atoms with Crippen molar-refractivity contribution in [3.63, 3.8) is 0 Å². The average Bonchev–Trinajstić information content (AvgIpc) is 3.46. The third-order valence-electron chi connectivity index (χ3n) is 19.2. The lowest BCUT2D eigenvalue weighted by Crippen LogP contribution is -2.69. The third kappa shape index (κ3) is 6.33. The fourth-order valence-corrected chi connectivity index (χ4v) is 16.8. The lowest BCUT2D eigenvalue weighted by molar-refractivity contribution is -0.248. The molecule has 10 heteroatoms. The third-order valence-corrected chi connectivity index (χ3v) is 20.8. The summed E-state index contributed by atoms with van der Waals surface area (Å²) in [4.78, 5) is 27.6. The molecule has 7 rings (SSSR count). The summed E-state index contributed by atoms with van der Waals surface area (Å²) in [6.07, 6.45) is 10.8. The van der Waals surface area contributed by atoms with E-state index in [1.54, 1.807) is 0 Å². The molecule has 0 spiro atoms. The Balaban J connectivity index is 1.10. The number of fused-ring (bicyclic) bond motifs is 7. The molecule has 0 unspecified atom stereocenters. The first kappa shape index (κ1) is 41.7. The van der Waals surface area contributed by atoms with E-state index in [4.69, 9.17) is 4.74 Å². The van der Waals surface area contributed by atoms with Gasteiger partial charge in [-0.1, -0.05) is 60.6 Å². The van der Waals surface area contributed by atoms with E-state index in [1.165, 1.54) is 31.3 Å². The minimum absolute atomic E-state index is 0.0174. The highest BCUT2D eigenvalue weighted by molar-refractivity contribution is 7.91. The van der Waals surface area contributed by atoms with Crippen molar-refractivity contribution in [3.8, 4) is 0 Å². The topological polar surface area (TPSA) is 133 Å². The molecule has 0 radical (unpaired) electrons. The molecular weight excluding hydrogens is 713 g/mol. The van der Waals surface area contributed by atoms with Crippen molar-refractivity contribution in [1.29, 1.82) is 0 Å². The van der Waals surface area contributed by atoms with Crippen LogP contribution in [-0.2, 0) is 24.2 Å². The molecule has 6 saturated carbocycles. The van der Waals surface area contributed by atoms with Gasteiger partial charge >= 0.3 is 11.9 Å². The number of aliphatic carboxylic acids is 1. The van der Waals surface area contributed by atoms with Crippen molar-refractivity contribution in [2.75, 3.05) is 31.1 Å². The van der Waals surface area contributed by atoms with Gasteiger partial charge in [0.05, 0.1) is 29.4 Å². The van der Waals surface area contributed by atoms with Crippen LogP contribution in [0.1, 0.15) is 133 Å². The zero-order valence-corrected chi connectivity index (χ0v) is 36.4. The van der Waals surface area contributed by atoms with Gasteiger partial charge in [-0.15, -0.1) is 0 Å². The summed E-state index contributed by atoms with van der Waals surface area (Å²) in [5.41, 5.74) is 1.00. The van der Waals surface area contributed by atoms with Gasteiger partial charge in [0.2, 0.25) is 0 Å². The summed E-state index contributed by atoms with van der Waals surface area (Å²) in [5, 5.41) is 24.8. The highest BCUT2D eigenvalue weighted by Gasteiger charge is 2.71. The molecule has 312 valence electrons. The molecule has 7 aliphatic rings. The van der Waals surface area contributed by atoms with Crippen LogP contribution in [0, 0.1) is 68.5 Å². The maximum atomic E-state index is 13.6. The van der Waals surface area contributed by atoms with Crippen molar-refractivity contribution < 1.29 is 33.0 Å². The first-order chi connectivity index (χ1) is 25.5. The van der Waals surface area contributed by atoms with Gasteiger partial charge in [-0.25, -0.2) is 8.42 Å². The molecule has 55 heavy (non-hydrogen) atoms. The molecule has 0 aromatic rings. The number of esters is 1. The van der Waals surface area contributed by atoms with Gasteiger partial charge in [0, 0.05) is 36.6 Å². The number of carboxylic acids is 1. The number of rotatable bonds is 9. The predicted octanol–water partition coefficient (Wildman–Crippen LogP) is 7.12. The van der Waals surface area contributed by atoms with Crippen LogP contribution >= 0.6 is 0 Å². The molecule has 6 aliphatic carbocycles. The first-order valence-corrected chi connectivity index (χ1v) is 23.7. The number of nitrogens with one attached hydrogen (secondary N) is 1. The van der Waals surface area contributed by atoms with E-state index in [0.29, 0.717) is 55.6 Å². The number of carbonyl (C=O) groups excluding carboxylic acids is 1. The van der Waals surface area contributed by atoms with Gasteiger partial charge in [-0.2, -0.15) is 0 Å². The minimum atomic E-state index is -3.00. The molecule has 14 atom stereocenters. The van der Waals surface area contributed by atoms with E-state index < -0.39 is 33.2 Å². The Kier molecular flexibility index (Phi) is 10.4. The van der Waals surface area contributed by atoms with Crippen LogP contribution in [0.15, 0.2) is 12.2 Å². The van der Waals surface area contributed by atoms with Crippen LogP contribution in [0.4, 0.5) is 0 Å². The molecule has 1 saturated heterocycles. The smallest absolute Gasteiger partial charge is 0.309 e. The van der Waals surface area contributed by atoms with Crippen LogP contribution in [0.25, 0.3) is 0 Å². The maximum absolute atomic E-state index is 13.6. The summed E-state index contributed by atoms with van der Waals surface area (Å²) < 4.78 is 30.9. The van der Waals surface area contributed by atoms with Crippen LogP contribution in [0.3, 0.4) is 0 Å². The fourth-order valence-electron chi connectivity index (χ4n) is 15.6. The first-order valence-electron chi connectivity index (χ1n) is 21.9. The number of carboxylic acid groups (broad SMARTS) is 1. The normalized spacial score (nSPS) is 46.7. The van der Waals surface area contributed by atoms with E-state index in [1.807, 2.05) is 20.8 Å². The van der Waals surface area contributed by atoms with E-state index in [0.717, 1.165) is 38.5 Å². The fraction of sp³-hybridized carbons (Fsp3) is 0.911. The van der Waals surface area contributed by atoms with Crippen LogP contribution in [-0.4, -0.2) is 90.4 Å². The zero-order chi connectivity index (χ0) is 40.3. The van der Waals surface area contributed by atoms with Gasteiger partial charge < -0.3 is 20.3 Å². The second kappa shape index (κ2) is 13.8. The highest BCUT2D eigenvalue weighted by Crippen LogP contribution is 2.76. The number of aliphatic hydroxyl groups excluding tert-OH is 1. The summed E-state index contributed by atoms with van der Waals surface area (Å²) in [6, 6.07) is -0.120. The van der Waals surface area contributed by atoms with Crippen LogP contribution in [0.5, 0.6) is 0 Å². The largest absolute Gasteiger partial charge is 0.481 e. The lowest BCUT2D eigenvalue weighted by Gasteiger charge is -2.73. The molecule has 0 amide bonds. The number of allylic oxidation sites excluding steroid dienone is 1. The van der Waals surface area contributed by atoms with Gasteiger partial charge in [0.15, 0.2) is 9.84 Å². The van der Waals surface area contributed by atoms with Gasteiger partial charge in [0.25, 0.3) is 0 Å². The standard InChI is InChI=1S/C45H74N2O7S/c1-27(2)29-13-18-45(46-26-33(28(3)48)47-21-23-55(52,53)24-22-47)20-19-43(9)30(37(29)45)11-12-35-42(8)16-15-36(41(6,7)34(42)14-17-44(35,43)10)54-39(51)32-25-31(38(49)50)40(32,4)5/h28-37,46,48H,1,11-26H2,2-10H3,(H,49,50)/t28-,29-,30+,31-,32+,33+,34-,35+,36-,37+,42-,43+,44+,45-/m0/s1. The Bertz CT molecular complexity index is 1640. The molecule has 0 aromatic heterocycles. The Morgan fingerprint density at radius 1 is 0.855 bits per heavy atom. The molecule has 3 N–H and O–H groups in total. The molecule has 0 aromatic carbocycles. The van der Waals surface area contributed by atoms with Crippen LogP contribution < -0.4 is 5.32 Å². The Hall–Kier alpha value is -1.49. The number of sulfone groups is 1. The lowest BCUT2D eigenvalue weighted by atomic mass is 9.32.